The Balaban J connectivity index is 2.02. The summed E-state index contributed by atoms with van der Waals surface area (Å²) in [5.74, 6) is 2.00. The van der Waals surface area contributed by atoms with Gasteiger partial charge in [-0.25, -0.2) is 0 Å². The third kappa shape index (κ3) is 2.16. The van der Waals surface area contributed by atoms with Crippen molar-refractivity contribution in [2.24, 2.45) is 12.8 Å². The highest BCUT2D eigenvalue weighted by Gasteiger charge is 2.08. The average Bonchev–Trinajstić information content (AvgIpc) is 2.85. The lowest BCUT2D eigenvalue weighted by molar-refractivity contribution is 0.412. The van der Waals surface area contributed by atoms with Gasteiger partial charge in [-0.2, -0.15) is 4.98 Å². The van der Waals surface area contributed by atoms with Gasteiger partial charge in [0.15, 0.2) is 11.0 Å². The van der Waals surface area contributed by atoms with E-state index in [2.05, 4.69) is 24.9 Å². The van der Waals surface area contributed by atoms with Crippen molar-refractivity contribution < 1.29 is 4.52 Å². The van der Waals surface area contributed by atoms with Gasteiger partial charge in [0.25, 0.3) is 0 Å². The van der Waals surface area contributed by atoms with Crippen LogP contribution in [0.1, 0.15) is 11.6 Å². The molecule has 0 aromatic carbocycles. The first-order chi connectivity index (χ1) is 7.31. The minimum Gasteiger partial charge on any atom is -0.343 e. The van der Waals surface area contributed by atoms with Crippen LogP contribution < -0.4 is 5.73 Å². The number of thioether (sulfide) groups is 1. The van der Waals surface area contributed by atoms with Crippen molar-refractivity contribution in [1.82, 2.24) is 24.9 Å². The molecule has 0 aliphatic carbocycles. The standard InChI is InChI=1S/C7H10N6OS/c1-13-6(2-8)10-11-7(13)15-3-5-9-4-14-12-5/h4H,2-3,8H2,1H3. The minimum atomic E-state index is 0.381. The normalized spacial score (nSPS) is 10.8. The smallest absolute Gasteiger partial charge is 0.213 e. The first kappa shape index (κ1) is 10.1. The van der Waals surface area contributed by atoms with Crippen molar-refractivity contribution in [2.45, 2.75) is 17.5 Å². The van der Waals surface area contributed by atoms with E-state index in [1.807, 2.05) is 11.6 Å². The zero-order valence-corrected chi connectivity index (χ0v) is 8.94. The van der Waals surface area contributed by atoms with E-state index in [4.69, 9.17) is 5.73 Å². The van der Waals surface area contributed by atoms with Gasteiger partial charge in [0.1, 0.15) is 5.82 Å². The predicted molar refractivity (Wildman–Crippen MR) is 52.8 cm³/mol. The van der Waals surface area contributed by atoms with Gasteiger partial charge in [-0.15, -0.1) is 10.2 Å². The van der Waals surface area contributed by atoms with E-state index < -0.39 is 0 Å². The molecule has 0 fully saturated rings. The van der Waals surface area contributed by atoms with Crippen molar-refractivity contribution in [2.75, 3.05) is 0 Å². The van der Waals surface area contributed by atoms with Crippen LogP contribution in [0.5, 0.6) is 0 Å². The summed E-state index contributed by atoms with van der Waals surface area (Å²) in [4.78, 5) is 3.91. The van der Waals surface area contributed by atoms with Gasteiger partial charge in [-0.1, -0.05) is 16.9 Å². The van der Waals surface area contributed by atoms with Crippen LogP contribution in [0.15, 0.2) is 16.1 Å². The molecule has 7 nitrogen and oxygen atoms in total. The van der Waals surface area contributed by atoms with E-state index in [0.29, 0.717) is 18.1 Å². The number of hydrogen-bond donors (Lipinski definition) is 1. The third-order valence-corrected chi connectivity index (χ3v) is 2.86. The first-order valence-electron chi connectivity index (χ1n) is 4.27. The van der Waals surface area contributed by atoms with Crippen molar-refractivity contribution in [1.29, 1.82) is 0 Å². The molecule has 0 radical (unpaired) electrons. The fraction of sp³-hybridized carbons (Fsp3) is 0.429. The van der Waals surface area contributed by atoms with Crippen molar-refractivity contribution in [3.8, 4) is 0 Å². The van der Waals surface area contributed by atoms with Crippen LogP contribution in [0, 0.1) is 0 Å². The summed E-state index contributed by atoms with van der Waals surface area (Å²) in [7, 11) is 1.88. The average molecular weight is 226 g/mol. The molecule has 0 bridgehead atoms. The largest absolute Gasteiger partial charge is 0.343 e. The lowest BCUT2D eigenvalue weighted by Crippen LogP contribution is -2.05. The molecule has 0 amide bonds. The zero-order chi connectivity index (χ0) is 10.7. The molecule has 8 heteroatoms. The van der Waals surface area contributed by atoms with Crippen molar-refractivity contribution >= 4 is 11.8 Å². The second-order valence-corrected chi connectivity index (χ2v) is 3.74. The van der Waals surface area contributed by atoms with Gasteiger partial charge < -0.3 is 14.8 Å². The number of rotatable bonds is 4. The maximum absolute atomic E-state index is 5.48. The molecule has 0 unspecified atom stereocenters. The zero-order valence-electron chi connectivity index (χ0n) is 8.12. The summed E-state index contributed by atoms with van der Waals surface area (Å²) in [6.07, 6.45) is 1.30. The number of aromatic nitrogens is 5. The lowest BCUT2D eigenvalue weighted by Gasteiger charge is -1.99. The Kier molecular flexibility index (Phi) is 2.97. The van der Waals surface area contributed by atoms with Gasteiger partial charge in [-0.3, -0.25) is 0 Å². The van der Waals surface area contributed by atoms with Crippen LogP contribution in [-0.4, -0.2) is 24.9 Å². The SMILES string of the molecule is Cn1c(CN)nnc1SCc1ncon1. The molecule has 2 heterocycles. The molecule has 15 heavy (non-hydrogen) atoms. The van der Waals surface area contributed by atoms with E-state index >= 15 is 0 Å². The van der Waals surface area contributed by atoms with E-state index in [-0.39, 0.29) is 0 Å². The van der Waals surface area contributed by atoms with Gasteiger partial charge in [0, 0.05) is 7.05 Å². The Morgan fingerprint density at radius 2 is 2.40 bits per heavy atom. The predicted octanol–water partition coefficient (Wildman–Crippen LogP) is -0.0509. The summed E-state index contributed by atoms with van der Waals surface area (Å²) in [6.45, 7) is 0.381. The molecule has 0 spiro atoms. The van der Waals surface area contributed by atoms with Crippen LogP contribution in [0.2, 0.25) is 0 Å². The molecule has 2 aromatic rings. The second-order valence-electron chi connectivity index (χ2n) is 2.80. The number of hydrogen-bond acceptors (Lipinski definition) is 7. The van der Waals surface area contributed by atoms with Crippen LogP contribution in [-0.2, 0) is 19.3 Å². The summed E-state index contributed by atoms with van der Waals surface area (Å²) >= 11 is 1.49. The first-order valence-corrected chi connectivity index (χ1v) is 5.26. The number of nitrogens with two attached hydrogens (primary N) is 1. The highest BCUT2D eigenvalue weighted by molar-refractivity contribution is 7.98. The Morgan fingerprint density at radius 3 is 3.00 bits per heavy atom. The van der Waals surface area contributed by atoms with Gasteiger partial charge in [0.05, 0.1) is 12.3 Å². The van der Waals surface area contributed by atoms with Crippen molar-refractivity contribution in [3.63, 3.8) is 0 Å². The second kappa shape index (κ2) is 4.41. The maximum Gasteiger partial charge on any atom is 0.213 e. The molecule has 0 saturated carbocycles. The highest BCUT2D eigenvalue weighted by atomic mass is 32.2. The molecule has 80 valence electrons. The molecule has 2 rings (SSSR count). The van der Waals surface area contributed by atoms with E-state index in [9.17, 15) is 0 Å². The quantitative estimate of drug-likeness (QED) is 0.730. The van der Waals surface area contributed by atoms with Gasteiger partial charge >= 0.3 is 0 Å². The van der Waals surface area contributed by atoms with Crippen LogP contribution in [0.3, 0.4) is 0 Å². The Hall–Kier alpha value is -1.41. The van der Waals surface area contributed by atoms with E-state index in [1.54, 1.807) is 0 Å². The summed E-state index contributed by atoms with van der Waals surface area (Å²) < 4.78 is 6.47. The molecule has 2 aromatic heterocycles. The molecule has 0 atom stereocenters. The summed E-state index contributed by atoms with van der Waals surface area (Å²) in [6, 6.07) is 0. The summed E-state index contributed by atoms with van der Waals surface area (Å²) in [5.41, 5.74) is 5.48. The van der Waals surface area contributed by atoms with E-state index in [0.717, 1.165) is 11.0 Å². The summed E-state index contributed by atoms with van der Waals surface area (Å²) in [5, 5.41) is 12.4. The lowest BCUT2D eigenvalue weighted by atomic mass is 10.6. The van der Waals surface area contributed by atoms with E-state index in [1.165, 1.54) is 18.2 Å². The number of nitrogens with zero attached hydrogens (tertiary/aromatic N) is 5. The molecule has 0 aliphatic rings. The Morgan fingerprint density at radius 1 is 1.53 bits per heavy atom. The molecular weight excluding hydrogens is 216 g/mol. The Bertz CT molecular complexity index is 425. The minimum absolute atomic E-state index is 0.381. The fourth-order valence-electron chi connectivity index (χ4n) is 1.03. The molecule has 0 aliphatic heterocycles. The molecule has 0 saturated heterocycles. The Labute approximate surface area is 90.1 Å². The van der Waals surface area contributed by atoms with Crippen LogP contribution in [0.25, 0.3) is 0 Å². The van der Waals surface area contributed by atoms with Crippen LogP contribution in [0.4, 0.5) is 0 Å². The third-order valence-electron chi connectivity index (χ3n) is 1.84. The van der Waals surface area contributed by atoms with Crippen LogP contribution >= 0.6 is 11.8 Å². The highest BCUT2D eigenvalue weighted by Crippen LogP contribution is 2.18. The van der Waals surface area contributed by atoms with Crippen molar-refractivity contribution in [3.05, 3.63) is 18.0 Å². The molecule has 2 N–H and O–H groups in total. The van der Waals surface area contributed by atoms with Gasteiger partial charge in [-0.05, 0) is 0 Å². The molecular formula is C7H10N6OS. The maximum atomic E-state index is 5.48. The van der Waals surface area contributed by atoms with Gasteiger partial charge in [0.2, 0.25) is 6.39 Å². The monoisotopic (exact) mass is 226 g/mol. The topological polar surface area (TPSA) is 95.7 Å². The fourth-order valence-corrected chi connectivity index (χ4v) is 1.82.